The molecule has 0 aliphatic rings. The van der Waals surface area contributed by atoms with Crippen molar-refractivity contribution in [3.05, 3.63) is 35.4 Å². The molecule has 1 unspecified atom stereocenters. The van der Waals surface area contributed by atoms with Gasteiger partial charge in [0.05, 0.1) is 6.10 Å². The first kappa shape index (κ1) is 10.2. The summed E-state index contributed by atoms with van der Waals surface area (Å²) in [6, 6.07) is 8.17. The van der Waals surface area contributed by atoms with Gasteiger partial charge in [-0.1, -0.05) is 29.8 Å². The van der Waals surface area contributed by atoms with Crippen LogP contribution in [-0.2, 0) is 4.74 Å². The second-order valence-corrected chi connectivity index (χ2v) is 3.15. The molecule has 1 aromatic rings. The minimum absolute atomic E-state index is 0.0184. The molecule has 0 aliphatic heterocycles. The van der Waals surface area contributed by atoms with Crippen LogP contribution in [0.4, 0.5) is 0 Å². The minimum Gasteiger partial charge on any atom is -0.396 e. The van der Waals surface area contributed by atoms with Gasteiger partial charge in [-0.15, -0.1) is 0 Å². The van der Waals surface area contributed by atoms with Crippen molar-refractivity contribution in [2.24, 2.45) is 0 Å². The second-order valence-electron chi connectivity index (χ2n) is 3.15. The Morgan fingerprint density at radius 1 is 1.46 bits per heavy atom. The third kappa shape index (κ3) is 2.83. The van der Waals surface area contributed by atoms with Crippen molar-refractivity contribution in [1.82, 2.24) is 0 Å². The highest BCUT2D eigenvalue weighted by Crippen LogP contribution is 2.20. The van der Waals surface area contributed by atoms with E-state index in [4.69, 9.17) is 9.84 Å². The molecule has 1 rings (SSSR count). The molecular weight excluding hydrogens is 164 g/mol. The number of benzene rings is 1. The molecule has 2 nitrogen and oxygen atoms in total. The zero-order valence-corrected chi connectivity index (χ0v) is 8.16. The van der Waals surface area contributed by atoms with Gasteiger partial charge in [0.1, 0.15) is 0 Å². The van der Waals surface area contributed by atoms with E-state index in [1.165, 1.54) is 5.56 Å². The molecule has 0 aromatic heterocycles. The van der Waals surface area contributed by atoms with Gasteiger partial charge in [0.2, 0.25) is 0 Å². The third-order valence-corrected chi connectivity index (χ3v) is 2.09. The van der Waals surface area contributed by atoms with E-state index in [0.717, 1.165) is 5.56 Å². The maximum atomic E-state index is 8.82. The summed E-state index contributed by atoms with van der Waals surface area (Å²) in [6.07, 6.45) is 0.671. The third-order valence-electron chi connectivity index (χ3n) is 2.09. The van der Waals surface area contributed by atoms with E-state index in [2.05, 4.69) is 19.1 Å². The van der Waals surface area contributed by atoms with E-state index in [9.17, 15) is 0 Å². The van der Waals surface area contributed by atoms with E-state index >= 15 is 0 Å². The molecule has 0 saturated carbocycles. The molecule has 0 bridgehead atoms. The van der Waals surface area contributed by atoms with Crippen LogP contribution in [-0.4, -0.2) is 18.8 Å². The first-order chi connectivity index (χ1) is 6.27. The molecule has 1 N–H and O–H groups in total. The van der Waals surface area contributed by atoms with Gasteiger partial charge in [0.25, 0.3) is 0 Å². The molecular formula is C11H16O2. The Morgan fingerprint density at radius 3 is 2.77 bits per heavy atom. The van der Waals surface area contributed by atoms with Crippen LogP contribution in [0.5, 0.6) is 0 Å². The van der Waals surface area contributed by atoms with Crippen LogP contribution in [0.1, 0.15) is 23.7 Å². The molecule has 0 saturated heterocycles. The van der Waals surface area contributed by atoms with Crippen molar-refractivity contribution in [2.45, 2.75) is 19.4 Å². The minimum atomic E-state index is 0.0184. The molecule has 0 fully saturated rings. The molecule has 0 spiro atoms. The summed E-state index contributed by atoms with van der Waals surface area (Å²) in [7, 11) is 1.67. The lowest BCUT2D eigenvalue weighted by atomic mass is 10.0. The van der Waals surface area contributed by atoms with Gasteiger partial charge in [0, 0.05) is 20.1 Å². The molecule has 0 radical (unpaired) electrons. The Balaban J connectivity index is 2.78. The molecule has 0 amide bonds. The van der Waals surface area contributed by atoms with Gasteiger partial charge in [-0.3, -0.25) is 0 Å². The normalized spacial score (nSPS) is 12.8. The number of methoxy groups -OCH3 is 1. The highest BCUT2D eigenvalue weighted by molar-refractivity contribution is 5.24. The summed E-state index contributed by atoms with van der Waals surface area (Å²) < 4.78 is 5.27. The van der Waals surface area contributed by atoms with Crippen LogP contribution in [0, 0.1) is 6.92 Å². The number of hydrogen-bond acceptors (Lipinski definition) is 2. The lowest BCUT2D eigenvalue weighted by Crippen LogP contribution is -2.03. The van der Waals surface area contributed by atoms with Crippen molar-refractivity contribution in [3.63, 3.8) is 0 Å². The van der Waals surface area contributed by atoms with Crippen LogP contribution in [0.15, 0.2) is 24.3 Å². The van der Waals surface area contributed by atoms with E-state index in [1.54, 1.807) is 7.11 Å². The summed E-state index contributed by atoms with van der Waals surface area (Å²) in [5.41, 5.74) is 2.36. The van der Waals surface area contributed by atoms with Crippen molar-refractivity contribution in [3.8, 4) is 0 Å². The Hall–Kier alpha value is -0.860. The Labute approximate surface area is 79.2 Å². The maximum absolute atomic E-state index is 8.82. The topological polar surface area (TPSA) is 29.5 Å². The molecule has 13 heavy (non-hydrogen) atoms. The molecule has 72 valence electrons. The lowest BCUT2D eigenvalue weighted by Gasteiger charge is -2.14. The second kappa shape index (κ2) is 5.00. The first-order valence-corrected chi connectivity index (χ1v) is 4.48. The number of rotatable bonds is 4. The number of aliphatic hydroxyl groups excluding tert-OH is 1. The number of aliphatic hydroxyl groups is 1. The zero-order valence-electron chi connectivity index (χ0n) is 8.16. The highest BCUT2D eigenvalue weighted by atomic mass is 16.5. The number of ether oxygens (including phenoxy) is 1. The summed E-state index contributed by atoms with van der Waals surface area (Å²) in [5.74, 6) is 0. The van der Waals surface area contributed by atoms with Crippen molar-refractivity contribution in [1.29, 1.82) is 0 Å². The predicted octanol–water partition coefficient (Wildman–Crippen LogP) is 2.06. The van der Waals surface area contributed by atoms with Gasteiger partial charge in [0.15, 0.2) is 0 Å². The maximum Gasteiger partial charge on any atom is 0.0843 e. The standard InChI is InChI=1S/C11H16O2/c1-9-4-3-5-10(8-9)11(13-2)6-7-12/h3-5,8,11-12H,6-7H2,1-2H3. The Bertz CT molecular complexity index is 258. The molecule has 2 heteroatoms. The lowest BCUT2D eigenvalue weighted by molar-refractivity contribution is 0.0775. The van der Waals surface area contributed by atoms with E-state index in [1.807, 2.05) is 12.1 Å². The molecule has 1 aromatic carbocycles. The monoisotopic (exact) mass is 180 g/mol. The molecule has 0 aliphatic carbocycles. The summed E-state index contributed by atoms with van der Waals surface area (Å²) in [5, 5.41) is 8.82. The summed E-state index contributed by atoms with van der Waals surface area (Å²) in [6.45, 7) is 2.21. The first-order valence-electron chi connectivity index (χ1n) is 4.48. The fourth-order valence-electron chi connectivity index (χ4n) is 1.41. The van der Waals surface area contributed by atoms with Gasteiger partial charge in [-0.25, -0.2) is 0 Å². The Kier molecular flexibility index (Phi) is 3.93. The smallest absolute Gasteiger partial charge is 0.0843 e. The molecule has 1 atom stereocenters. The fraction of sp³-hybridized carbons (Fsp3) is 0.455. The molecule has 0 heterocycles. The zero-order chi connectivity index (χ0) is 9.68. The van der Waals surface area contributed by atoms with Crippen LogP contribution in [0.2, 0.25) is 0 Å². The van der Waals surface area contributed by atoms with Crippen molar-refractivity contribution < 1.29 is 9.84 Å². The van der Waals surface area contributed by atoms with Gasteiger partial charge in [-0.2, -0.15) is 0 Å². The predicted molar refractivity (Wildman–Crippen MR) is 52.6 cm³/mol. The summed E-state index contributed by atoms with van der Waals surface area (Å²) >= 11 is 0. The largest absolute Gasteiger partial charge is 0.396 e. The fourth-order valence-corrected chi connectivity index (χ4v) is 1.41. The van der Waals surface area contributed by atoms with E-state index < -0.39 is 0 Å². The van der Waals surface area contributed by atoms with Crippen molar-refractivity contribution >= 4 is 0 Å². The van der Waals surface area contributed by atoms with Crippen LogP contribution < -0.4 is 0 Å². The highest BCUT2D eigenvalue weighted by Gasteiger charge is 2.08. The van der Waals surface area contributed by atoms with Crippen molar-refractivity contribution in [2.75, 3.05) is 13.7 Å². The average molecular weight is 180 g/mol. The van der Waals surface area contributed by atoms with Gasteiger partial charge >= 0.3 is 0 Å². The van der Waals surface area contributed by atoms with Gasteiger partial charge in [-0.05, 0) is 12.5 Å². The van der Waals surface area contributed by atoms with E-state index in [-0.39, 0.29) is 12.7 Å². The van der Waals surface area contributed by atoms with Gasteiger partial charge < -0.3 is 9.84 Å². The number of hydrogen-bond donors (Lipinski definition) is 1. The SMILES string of the molecule is COC(CCO)c1cccc(C)c1. The van der Waals surface area contributed by atoms with E-state index in [0.29, 0.717) is 6.42 Å². The number of aryl methyl sites for hydroxylation is 1. The Morgan fingerprint density at radius 2 is 2.23 bits per heavy atom. The quantitative estimate of drug-likeness (QED) is 0.768. The van der Waals surface area contributed by atoms with Crippen LogP contribution in [0.3, 0.4) is 0 Å². The van der Waals surface area contributed by atoms with Crippen LogP contribution in [0.25, 0.3) is 0 Å². The average Bonchev–Trinajstić information content (AvgIpc) is 2.14. The summed E-state index contributed by atoms with van der Waals surface area (Å²) in [4.78, 5) is 0. The van der Waals surface area contributed by atoms with Crippen LogP contribution >= 0.6 is 0 Å².